The van der Waals surface area contributed by atoms with Gasteiger partial charge in [-0.3, -0.25) is 4.79 Å². The van der Waals surface area contributed by atoms with Crippen LogP contribution in [0.25, 0.3) is 0 Å². The molecule has 1 aromatic heterocycles. The van der Waals surface area contributed by atoms with Crippen LogP contribution in [0.5, 0.6) is 5.75 Å². The molecule has 25 heavy (non-hydrogen) atoms. The third-order valence-corrected chi connectivity index (χ3v) is 4.64. The number of carbonyl (C=O) groups excluding carboxylic acids is 1. The Kier molecular flexibility index (Phi) is 4.88. The fourth-order valence-electron chi connectivity index (χ4n) is 3.27. The number of aryl methyl sites for hydroxylation is 1. The fourth-order valence-corrected chi connectivity index (χ4v) is 3.27. The number of rotatable bonds is 5. The predicted molar refractivity (Wildman–Crippen MR) is 96.6 cm³/mol. The van der Waals surface area contributed by atoms with E-state index in [1.54, 1.807) is 0 Å². The number of nitrogens with one attached hydrogen (secondary N) is 1. The highest BCUT2D eigenvalue weighted by Crippen LogP contribution is 2.37. The Morgan fingerprint density at radius 1 is 1.32 bits per heavy atom. The first-order valence-corrected chi connectivity index (χ1v) is 8.55. The van der Waals surface area contributed by atoms with Crippen molar-refractivity contribution < 1.29 is 9.53 Å². The zero-order valence-electron chi connectivity index (χ0n) is 15.0. The van der Waals surface area contributed by atoms with Crippen LogP contribution >= 0.6 is 0 Å². The number of amides is 1. The molecule has 1 aromatic carbocycles. The second-order valence-electron chi connectivity index (χ2n) is 6.49. The molecule has 1 fully saturated rings. The first-order chi connectivity index (χ1) is 12.0. The molecule has 6 nitrogen and oxygen atoms in total. The van der Waals surface area contributed by atoms with E-state index in [2.05, 4.69) is 15.3 Å². The van der Waals surface area contributed by atoms with Crippen LogP contribution in [-0.4, -0.2) is 41.0 Å². The summed E-state index contributed by atoms with van der Waals surface area (Å²) in [4.78, 5) is 23.8. The molecule has 1 aliphatic rings. The molecule has 1 saturated heterocycles. The van der Waals surface area contributed by atoms with Crippen LogP contribution in [0.15, 0.2) is 36.4 Å². The third kappa shape index (κ3) is 3.57. The van der Waals surface area contributed by atoms with E-state index >= 15 is 0 Å². The lowest BCUT2D eigenvalue weighted by atomic mass is 9.97. The molecule has 2 aromatic rings. The minimum Gasteiger partial charge on any atom is -0.484 e. The number of aromatic nitrogens is 2. The number of likely N-dealkylation sites (tertiary alicyclic amines) is 1. The summed E-state index contributed by atoms with van der Waals surface area (Å²) in [5.74, 6) is 2.10. The molecule has 0 spiro atoms. The fraction of sp³-hybridized carbons (Fsp3) is 0.421. The Balaban J connectivity index is 1.79. The van der Waals surface area contributed by atoms with Gasteiger partial charge in [-0.15, -0.1) is 0 Å². The van der Waals surface area contributed by atoms with Crippen molar-refractivity contribution >= 4 is 11.7 Å². The van der Waals surface area contributed by atoms with Crippen molar-refractivity contribution in [2.24, 2.45) is 0 Å². The summed E-state index contributed by atoms with van der Waals surface area (Å²) in [6.07, 6.45) is 1.77. The van der Waals surface area contributed by atoms with Gasteiger partial charge in [0.1, 0.15) is 17.1 Å². The van der Waals surface area contributed by atoms with E-state index in [0.29, 0.717) is 18.1 Å². The molecular formula is C19H24N4O2. The molecule has 132 valence electrons. The average molecular weight is 340 g/mol. The summed E-state index contributed by atoms with van der Waals surface area (Å²) in [5, 5.41) is 3.06. The highest BCUT2D eigenvalue weighted by Gasteiger charge is 2.43. The second kappa shape index (κ2) is 7.09. The molecule has 0 unspecified atom stereocenters. The summed E-state index contributed by atoms with van der Waals surface area (Å²) in [7, 11) is 1.83. The molecule has 0 aliphatic carbocycles. The zero-order valence-corrected chi connectivity index (χ0v) is 15.0. The van der Waals surface area contributed by atoms with Crippen molar-refractivity contribution in [1.82, 2.24) is 14.9 Å². The maximum Gasteiger partial charge on any atom is 0.261 e. The molecule has 3 rings (SSSR count). The highest BCUT2D eigenvalue weighted by molar-refractivity contribution is 5.79. The summed E-state index contributed by atoms with van der Waals surface area (Å²) in [6, 6.07) is 11.3. The minimum atomic E-state index is -0.505. The molecule has 1 atom stereocenters. The van der Waals surface area contributed by atoms with Crippen molar-refractivity contribution in [2.75, 3.05) is 25.5 Å². The molecule has 0 saturated carbocycles. The van der Waals surface area contributed by atoms with Crippen LogP contribution in [0, 0.1) is 6.92 Å². The van der Waals surface area contributed by atoms with Crippen molar-refractivity contribution in [3.8, 4) is 5.75 Å². The first-order valence-electron chi connectivity index (χ1n) is 8.55. The number of benzene rings is 1. The smallest absolute Gasteiger partial charge is 0.261 e. The maximum atomic E-state index is 12.8. The number of nitrogens with zero attached hydrogens (tertiary/aromatic N) is 3. The Morgan fingerprint density at radius 3 is 2.80 bits per heavy atom. The molecule has 2 heterocycles. The monoisotopic (exact) mass is 340 g/mol. The van der Waals surface area contributed by atoms with Crippen LogP contribution in [0.2, 0.25) is 0 Å². The number of hydrogen-bond acceptors (Lipinski definition) is 5. The largest absolute Gasteiger partial charge is 0.484 e. The van der Waals surface area contributed by atoms with E-state index in [-0.39, 0.29) is 12.5 Å². The normalized spacial score (nSPS) is 19.7. The second-order valence-corrected chi connectivity index (χ2v) is 6.49. The maximum absolute atomic E-state index is 12.8. The lowest BCUT2D eigenvalue weighted by molar-refractivity contribution is -0.137. The molecule has 6 heteroatoms. The van der Waals surface area contributed by atoms with Gasteiger partial charge in [-0.1, -0.05) is 18.2 Å². The molecule has 1 amide bonds. The number of para-hydroxylation sites is 1. The highest BCUT2D eigenvalue weighted by atomic mass is 16.5. The van der Waals surface area contributed by atoms with E-state index in [1.165, 1.54) is 0 Å². The predicted octanol–water partition coefficient (Wildman–Crippen LogP) is 2.74. The number of ether oxygens (including phenoxy) is 1. The Hall–Kier alpha value is -2.63. The van der Waals surface area contributed by atoms with E-state index in [0.717, 1.165) is 24.4 Å². The van der Waals surface area contributed by atoms with Gasteiger partial charge in [0.15, 0.2) is 12.4 Å². The van der Waals surface area contributed by atoms with Crippen LogP contribution in [0.4, 0.5) is 5.82 Å². The third-order valence-electron chi connectivity index (χ3n) is 4.64. The van der Waals surface area contributed by atoms with Crippen molar-refractivity contribution in [1.29, 1.82) is 0 Å². The van der Waals surface area contributed by atoms with Crippen molar-refractivity contribution in [2.45, 2.75) is 32.2 Å². The van der Waals surface area contributed by atoms with Crippen LogP contribution < -0.4 is 10.1 Å². The van der Waals surface area contributed by atoms with E-state index in [4.69, 9.17) is 4.74 Å². The Labute approximate surface area is 148 Å². The van der Waals surface area contributed by atoms with Gasteiger partial charge >= 0.3 is 0 Å². The SMILES string of the molecule is CNc1cc(C)nc([C@]2(C)CCCN2C(=O)COc2ccccc2)n1. The van der Waals surface area contributed by atoms with Gasteiger partial charge in [-0.2, -0.15) is 0 Å². The van der Waals surface area contributed by atoms with E-state index in [9.17, 15) is 4.79 Å². The van der Waals surface area contributed by atoms with Gasteiger partial charge in [0.2, 0.25) is 0 Å². The number of hydrogen-bond donors (Lipinski definition) is 1. The Bertz CT molecular complexity index is 750. The zero-order chi connectivity index (χ0) is 17.9. The number of carbonyl (C=O) groups is 1. The van der Waals surface area contributed by atoms with E-state index < -0.39 is 5.54 Å². The summed E-state index contributed by atoms with van der Waals surface area (Å²) in [6.45, 7) is 4.69. The number of anilines is 1. The molecule has 1 N–H and O–H groups in total. The lowest BCUT2D eigenvalue weighted by Crippen LogP contribution is -2.46. The van der Waals surface area contributed by atoms with Gasteiger partial charge < -0.3 is 15.0 Å². The standard InChI is InChI=1S/C19H24N4O2/c1-14-12-16(20-3)22-18(21-14)19(2)10-7-11-23(19)17(24)13-25-15-8-5-4-6-9-15/h4-6,8-9,12H,7,10-11,13H2,1-3H3,(H,20,21,22)/t19-/m0/s1. The van der Waals surface area contributed by atoms with Crippen LogP contribution in [0.3, 0.4) is 0 Å². The molecule has 0 bridgehead atoms. The molecular weight excluding hydrogens is 316 g/mol. The van der Waals surface area contributed by atoms with Crippen molar-refractivity contribution in [3.63, 3.8) is 0 Å². The van der Waals surface area contributed by atoms with Crippen LogP contribution in [0.1, 0.15) is 31.3 Å². The lowest BCUT2D eigenvalue weighted by Gasteiger charge is -2.34. The van der Waals surface area contributed by atoms with Crippen molar-refractivity contribution in [3.05, 3.63) is 47.9 Å². The summed E-state index contributed by atoms with van der Waals surface area (Å²) >= 11 is 0. The van der Waals surface area contributed by atoms with Crippen LogP contribution in [-0.2, 0) is 10.3 Å². The summed E-state index contributed by atoms with van der Waals surface area (Å²) in [5.41, 5.74) is 0.379. The summed E-state index contributed by atoms with van der Waals surface area (Å²) < 4.78 is 5.63. The average Bonchev–Trinajstić information content (AvgIpc) is 3.03. The van der Waals surface area contributed by atoms with Gasteiger partial charge in [0, 0.05) is 25.4 Å². The Morgan fingerprint density at radius 2 is 2.08 bits per heavy atom. The van der Waals surface area contributed by atoms with Gasteiger partial charge in [-0.05, 0) is 38.8 Å². The van der Waals surface area contributed by atoms with Gasteiger partial charge in [-0.25, -0.2) is 9.97 Å². The first kappa shape index (κ1) is 17.2. The molecule has 0 radical (unpaired) electrons. The van der Waals surface area contributed by atoms with Gasteiger partial charge in [0.25, 0.3) is 5.91 Å². The van der Waals surface area contributed by atoms with Gasteiger partial charge in [0.05, 0.1) is 0 Å². The molecule has 1 aliphatic heterocycles. The van der Waals surface area contributed by atoms with E-state index in [1.807, 2.05) is 62.2 Å². The minimum absolute atomic E-state index is 0.0182. The topological polar surface area (TPSA) is 67.4 Å². The quantitative estimate of drug-likeness (QED) is 0.906.